The van der Waals surface area contributed by atoms with E-state index in [0.717, 1.165) is 22.2 Å². The maximum atomic E-state index is 11.9. The van der Waals surface area contributed by atoms with Gasteiger partial charge in [-0.2, -0.15) is 10.1 Å². The Bertz CT molecular complexity index is 1120. The summed E-state index contributed by atoms with van der Waals surface area (Å²) in [6, 6.07) is 3.40. The Morgan fingerprint density at radius 2 is 2.00 bits per heavy atom. The lowest BCUT2D eigenvalue weighted by atomic mass is 10.1. The zero-order chi connectivity index (χ0) is 23.6. The van der Waals surface area contributed by atoms with Gasteiger partial charge in [-0.05, 0) is 52.3 Å². The summed E-state index contributed by atoms with van der Waals surface area (Å²) in [4.78, 5) is 16.3. The number of aromatic nitrogens is 5. The van der Waals surface area contributed by atoms with E-state index in [2.05, 4.69) is 46.6 Å². The fourth-order valence-electron chi connectivity index (χ4n) is 3.15. The molecule has 172 valence electrons. The van der Waals surface area contributed by atoms with E-state index in [1.807, 2.05) is 36.9 Å². The van der Waals surface area contributed by atoms with Gasteiger partial charge in [0.25, 0.3) is 5.91 Å². The predicted octanol–water partition coefficient (Wildman–Crippen LogP) is 1.90. The van der Waals surface area contributed by atoms with Crippen molar-refractivity contribution in [1.29, 1.82) is 0 Å². The number of nitrogens with zero attached hydrogens (tertiary/aromatic N) is 5. The second kappa shape index (κ2) is 9.05. The van der Waals surface area contributed by atoms with Crippen LogP contribution in [0, 0.1) is 6.92 Å². The van der Waals surface area contributed by atoms with Gasteiger partial charge in [0.05, 0.1) is 17.7 Å². The number of hydrogen-bond acceptors (Lipinski definition) is 9. The van der Waals surface area contributed by atoms with Crippen molar-refractivity contribution in [2.45, 2.75) is 52.2 Å². The molecule has 0 spiro atoms. The van der Waals surface area contributed by atoms with Crippen LogP contribution in [0.4, 0.5) is 17.5 Å². The number of aryl methyl sites for hydroxylation is 1. The van der Waals surface area contributed by atoms with Crippen LogP contribution in [0.1, 0.15) is 43.7 Å². The molecule has 0 unspecified atom stereocenters. The highest BCUT2D eigenvalue weighted by atomic mass is 16.5. The number of fused-ring (bicyclic) bond motifs is 1. The first kappa shape index (κ1) is 23.4. The minimum atomic E-state index is -0.735. The minimum absolute atomic E-state index is 0.0625. The molecule has 0 aliphatic carbocycles. The molecule has 0 fully saturated rings. The molecule has 11 heteroatoms. The molecule has 11 nitrogen and oxygen atoms in total. The quantitative estimate of drug-likeness (QED) is 0.409. The Morgan fingerprint density at radius 3 is 2.62 bits per heavy atom. The average molecular weight is 442 g/mol. The van der Waals surface area contributed by atoms with E-state index in [0.29, 0.717) is 6.61 Å². The molecule has 3 aromatic rings. The molecule has 3 rings (SSSR count). The molecule has 0 saturated carbocycles. The molecule has 2 aromatic heterocycles. The second-order valence-electron chi connectivity index (χ2n) is 8.85. The van der Waals surface area contributed by atoms with E-state index in [-0.39, 0.29) is 35.1 Å². The Kier molecular flexibility index (Phi) is 6.60. The number of primary amides is 1. The Labute approximate surface area is 186 Å². The number of rotatable bonds is 8. The zero-order valence-electron chi connectivity index (χ0n) is 19.3. The standard InChI is InChI=1S/C21H31N9O2/c1-11-7-14(8-13-9-30(21(3,4)5)29-16(11)13)25-19-17(18(23)31)27-28-20(26-19)24-12(2)15(22)10-32-6/h7-9,12,15H,10,22H2,1-6H3,(H2,23,31)(H2,24,25,26,28)/t12-,15+/m1/s1. The van der Waals surface area contributed by atoms with Crippen LogP contribution >= 0.6 is 0 Å². The summed E-state index contributed by atoms with van der Waals surface area (Å²) in [5, 5.41) is 19.8. The summed E-state index contributed by atoms with van der Waals surface area (Å²) in [5.41, 5.74) is 13.9. The van der Waals surface area contributed by atoms with Gasteiger partial charge in [0, 0.05) is 36.5 Å². The van der Waals surface area contributed by atoms with Crippen LogP contribution in [0.25, 0.3) is 10.9 Å². The lowest BCUT2D eigenvalue weighted by molar-refractivity contribution is 0.0995. The Morgan fingerprint density at radius 1 is 1.28 bits per heavy atom. The zero-order valence-corrected chi connectivity index (χ0v) is 19.3. The number of benzene rings is 1. The third-order valence-electron chi connectivity index (χ3n) is 5.03. The summed E-state index contributed by atoms with van der Waals surface area (Å²) in [6.07, 6.45) is 1.99. The SMILES string of the molecule is COC[C@H](N)[C@@H](C)Nc1nnc(C(N)=O)c(Nc2cc(C)c3nn(C(C)(C)C)cc3c2)n1. The average Bonchev–Trinajstić information content (AvgIpc) is 3.13. The van der Waals surface area contributed by atoms with Crippen molar-refractivity contribution in [1.82, 2.24) is 25.0 Å². The largest absolute Gasteiger partial charge is 0.383 e. The van der Waals surface area contributed by atoms with E-state index in [9.17, 15) is 4.79 Å². The predicted molar refractivity (Wildman–Crippen MR) is 124 cm³/mol. The van der Waals surface area contributed by atoms with Gasteiger partial charge in [0.15, 0.2) is 11.5 Å². The molecule has 0 saturated heterocycles. The van der Waals surface area contributed by atoms with Crippen LogP contribution < -0.4 is 22.1 Å². The summed E-state index contributed by atoms with van der Waals surface area (Å²) in [5.74, 6) is -0.319. The van der Waals surface area contributed by atoms with Crippen LogP contribution in [0.15, 0.2) is 18.3 Å². The maximum absolute atomic E-state index is 11.9. The summed E-state index contributed by atoms with van der Waals surface area (Å²) < 4.78 is 7.02. The van der Waals surface area contributed by atoms with Crippen molar-refractivity contribution in [3.05, 3.63) is 29.6 Å². The normalized spacial score (nSPS) is 13.7. The Hall–Kier alpha value is -3.31. The van der Waals surface area contributed by atoms with Gasteiger partial charge in [-0.25, -0.2) is 0 Å². The summed E-state index contributed by atoms with van der Waals surface area (Å²) in [6.45, 7) is 10.5. The fourth-order valence-corrected chi connectivity index (χ4v) is 3.15. The first-order chi connectivity index (χ1) is 15.0. The van der Waals surface area contributed by atoms with Crippen LogP contribution in [0.5, 0.6) is 0 Å². The Balaban J connectivity index is 1.94. The second-order valence-corrected chi connectivity index (χ2v) is 8.85. The number of methoxy groups -OCH3 is 1. The fraction of sp³-hybridized carbons (Fsp3) is 0.476. The topological polar surface area (TPSA) is 159 Å². The highest BCUT2D eigenvalue weighted by Gasteiger charge is 2.19. The third kappa shape index (κ3) is 5.11. The highest BCUT2D eigenvalue weighted by Crippen LogP contribution is 2.27. The van der Waals surface area contributed by atoms with Crippen LogP contribution in [-0.2, 0) is 10.3 Å². The third-order valence-corrected chi connectivity index (χ3v) is 5.03. The van der Waals surface area contributed by atoms with Crippen molar-refractivity contribution in [2.75, 3.05) is 24.4 Å². The number of carbonyl (C=O) groups excluding carboxylic acids is 1. The molecule has 2 atom stereocenters. The van der Waals surface area contributed by atoms with E-state index in [4.69, 9.17) is 21.3 Å². The molecular formula is C21H31N9O2. The van der Waals surface area contributed by atoms with Crippen LogP contribution in [-0.4, -0.2) is 56.7 Å². The van der Waals surface area contributed by atoms with Gasteiger partial charge >= 0.3 is 0 Å². The van der Waals surface area contributed by atoms with Crippen molar-refractivity contribution in [3.8, 4) is 0 Å². The minimum Gasteiger partial charge on any atom is -0.383 e. The molecule has 0 radical (unpaired) electrons. The first-order valence-electron chi connectivity index (χ1n) is 10.3. The number of carbonyl (C=O) groups is 1. The lowest BCUT2D eigenvalue weighted by Crippen LogP contribution is -2.41. The van der Waals surface area contributed by atoms with Crippen LogP contribution in [0.3, 0.4) is 0 Å². The monoisotopic (exact) mass is 441 g/mol. The van der Waals surface area contributed by atoms with Gasteiger partial charge in [0.1, 0.15) is 0 Å². The highest BCUT2D eigenvalue weighted by molar-refractivity contribution is 5.96. The van der Waals surface area contributed by atoms with Crippen molar-refractivity contribution < 1.29 is 9.53 Å². The summed E-state index contributed by atoms with van der Waals surface area (Å²) in [7, 11) is 1.58. The van der Waals surface area contributed by atoms with Crippen molar-refractivity contribution in [3.63, 3.8) is 0 Å². The maximum Gasteiger partial charge on any atom is 0.273 e. The smallest absolute Gasteiger partial charge is 0.273 e. The molecule has 1 amide bonds. The number of amides is 1. The summed E-state index contributed by atoms with van der Waals surface area (Å²) >= 11 is 0. The first-order valence-corrected chi connectivity index (χ1v) is 10.3. The molecule has 0 bridgehead atoms. The molecule has 2 heterocycles. The number of ether oxygens (including phenoxy) is 1. The van der Waals surface area contributed by atoms with E-state index in [1.54, 1.807) is 7.11 Å². The van der Waals surface area contributed by atoms with Crippen molar-refractivity contribution >= 4 is 34.3 Å². The number of nitrogens with two attached hydrogens (primary N) is 2. The molecule has 32 heavy (non-hydrogen) atoms. The molecule has 1 aromatic carbocycles. The van der Waals surface area contributed by atoms with E-state index >= 15 is 0 Å². The number of anilines is 3. The van der Waals surface area contributed by atoms with E-state index in [1.165, 1.54) is 0 Å². The van der Waals surface area contributed by atoms with Gasteiger partial charge in [-0.3, -0.25) is 9.48 Å². The molecule has 6 N–H and O–H groups in total. The van der Waals surface area contributed by atoms with Gasteiger partial charge < -0.3 is 26.8 Å². The molecular weight excluding hydrogens is 410 g/mol. The van der Waals surface area contributed by atoms with E-state index < -0.39 is 5.91 Å². The molecule has 0 aliphatic rings. The molecule has 0 aliphatic heterocycles. The lowest BCUT2D eigenvalue weighted by Gasteiger charge is -2.20. The van der Waals surface area contributed by atoms with Crippen LogP contribution in [0.2, 0.25) is 0 Å². The van der Waals surface area contributed by atoms with Gasteiger partial charge in [-0.1, -0.05) is 0 Å². The van der Waals surface area contributed by atoms with Gasteiger partial charge in [0.2, 0.25) is 5.95 Å². The number of nitrogens with one attached hydrogen (secondary N) is 2. The number of hydrogen-bond donors (Lipinski definition) is 4. The van der Waals surface area contributed by atoms with Crippen molar-refractivity contribution in [2.24, 2.45) is 11.5 Å². The van der Waals surface area contributed by atoms with Gasteiger partial charge in [-0.15, -0.1) is 10.2 Å².